The second kappa shape index (κ2) is 7.37. The number of hydrogen-bond acceptors (Lipinski definition) is 5. The van der Waals surface area contributed by atoms with E-state index in [0.717, 1.165) is 0 Å². The van der Waals surface area contributed by atoms with Crippen molar-refractivity contribution < 1.29 is 23.7 Å². The van der Waals surface area contributed by atoms with Gasteiger partial charge < -0.3 is 18.9 Å². The van der Waals surface area contributed by atoms with Crippen LogP contribution in [-0.2, 0) is 0 Å². The van der Waals surface area contributed by atoms with Gasteiger partial charge in [0.15, 0.2) is 28.8 Å². The van der Waals surface area contributed by atoms with E-state index in [2.05, 4.69) is 15.9 Å². The standard InChI is InChI=1S/C17H17BrO5/c1-20-12-7-5-10(9-14(12)22-3)16(19)11-6-8-13(21-2)17(23-4)15(11)18/h5-9H,1-4H3. The Labute approximate surface area is 143 Å². The lowest BCUT2D eigenvalue weighted by molar-refractivity contribution is 0.103. The smallest absolute Gasteiger partial charge is 0.194 e. The summed E-state index contributed by atoms with van der Waals surface area (Å²) in [6, 6.07) is 8.40. The fourth-order valence-electron chi connectivity index (χ4n) is 2.20. The molecule has 0 saturated heterocycles. The van der Waals surface area contributed by atoms with E-state index < -0.39 is 0 Å². The van der Waals surface area contributed by atoms with E-state index in [4.69, 9.17) is 18.9 Å². The summed E-state index contributed by atoms with van der Waals surface area (Å²) in [5, 5.41) is 0. The van der Waals surface area contributed by atoms with E-state index in [9.17, 15) is 4.79 Å². The van der Waals surface area contributed by atoms with Crippen LogP contribution in [0.15, 0.2) is 34.8 Å². The normalized spacial score (nSPS) is 10.1. The van der Waals surface area contributed by atoms with Crippen molar-refractivity contribution in [3.05, 3.63) is 45.9 Å². The van der Waals surface area contributed by atoms with Gasteiger partial charge in [0.2, 0.25) is 0 Å². The minimum Gasteiger partial charge on any atom is -0.493 e. The first kappa shape index (κ1) is 17.1. The highest BCUT2D eigenvalue weighted by molar-refractivity contribution is 9.10. The van der Waals surface area contributed by atoms with Gasteiger partial charge in [-0.1, -0.05) is 0 Å². The Bertz CT molecular complexity index is 727. The van der Waals surface area contributed by atoms with Gasteiger partial charge in [-0.25, -0.2) is 0 Å². The van der Waals surface area contributed by atoms with Gasteiger partial charge in [-0.3, -0.25) is 4.79 Å². The Kier molecular flexibility index (Phi) is 5.50. The average molecular weight is 381 g/mol. The number of methoxy groups -OCH3 is 4. The Balaban J connectivity index is 2.49. The highest BCUT2D eigenvalue weighted by atomic mass is 79.9. The third-order valence-electron chi connectivity index (χ3n) is 3.38. The van der Waals surface area contributed by atoms with Crippen molar-refractivity contribution in [2.45, 2.75) is 0 Å². The molecule has 0 saturated carbocycles. The van der Waals surface area contributed by atoms with Crippen molar-refractivity contribution in [2.75, 3.05) is 28.4 Å². The first-order valence-corrected chi connectivity index (χ1v) is 7.53. The van der Waals surface area contributed by atoms with Crippen LogP contribution in [0.2, 0.25) is 0 Å². The number of rotatable bonds is 6. The van der Waals surface area contributed by atoms with Gasteiger partial charge >= 0.3 is 0 Å². The van der Waals surface area contributed by atoms with Crippen LogP contribution in [0.5, 0.6) is 23.0 Å². The van der Waals surface area contributed by atoms with E-state index in [-0.39, 0.29) is 5.78 Å². The molecular weight excluding hydrogens is 364 g/mol. The molecule has 6 heteroatoms. The third-order valence-corrected chi connectivity index (χ3v) is 4.16. The molecule has 122 valence electrons. The zero-order valence-corrected chi connectivity index (χ0v) is 14.9. The fraction of sp³-hybridized carbons (Fsp3) is 0.235. The van der Waals surface area contributed by atoms with Gasteiger partial charge in [0.25, 0.3) is 0 Å². The topological polar surface area (TPSA) is 54.0 Å². The molecule has 0 fully saturated rings. The van der Waals surface area contributed by atoms with Crippen molar-refractivity contribution in [1.29, 1.82) is 0 Å². The molecule has 0 N–H and O–H groups in total. The summed E-state index contributed by atoms with van der Waals surface area (Å²) in [6.45, 7) is 0. The molecular formula is C17H17BrO5. The van der Waals surface area contributed by atoms with E-state index in [1.807, 2.05) is 0 Å². The quantitative estimate of drug-likeness (QED) is 0.714. The molecule has 2 aromatic rings. The first-order chi connectivity index (χ1) is 11.1. The van der Waals surface area contributed by atoms with Crippen LogP contribution in [-0.4, -0.2) is 34.2 Å². The van der Waals surface area contributed by atoms with Crippen LogP contribution in [0.4, 0.5) is 0 Å². The second-order valence-electron chi connectivity index (χ2n) is 4.56. The second-order valence-corrected chi connectivity index (χ2v) is 5.35. The summed E-state index contributed by atoms with van der Waals surface area (Å²) in [5.41, 5.74) is 0.949. The molecule has 0 aromatic heterocycles. The van der Waals surface area contributed by atoms with E-state index in [0.29, 0.717) is 38.6 Å². The third kappa shape index (κ3) is 3.27. The van der Waals surface area contributed by atoms with Gasteiger partial charge in [0, 0.05) is 11.1 Å². The highest BCUT2D eigenvalue weighted by Gasteiger charge is 2.20. The van der Waals surface area contributed by atoms with Crippen molar-refractivity contribution in [3.63, 3.8) is 0 Å². The van der Waals surface area contributed by atoms with Gasteiger partial charge in [-0.05, 0) is 46.3 Å². The predicted octanol–water partition coefficient (Wildman–Crippen LogP) is 3.71. The van der Waals surface area contributed by atoms with Crippen LogP contribution >= 0.6 is 15.9 Å². The number of benzene rings is 2. The summed E-state index contributed by atoms with van der Waals surface area (Å²) >= 11 is 3.41. The Morgan fingerprint density at radius 1 is 0.826 bits per heavy atom. The number of carbonyl (C=O) groups excluding carboxylic acids is 1. The molecule has 0 atom stereocenters. The summed E-state index contributed by atoms with van der Waals surface area (Å²) in [6.07, 6.45) is 0. The number of hydrogen-bond donors (Lipinski definition) is 0. The van der Waals surface area contributed by atoms with Crippen molar-refractivity contribution >= 4 is 21.7 Å². The van der Waals surface area contributed by atoms with Crippen LogP contribution in [0.1, 0.15) is 15.9 Å². The minimum absolute atomic E-state index is 0.168. The number of ketones is 1. The number of halogens is 1. The molecule has 0 aliphatic heterocycles. The summed E-state index contributed by atoms with van der Waals surface area (Å²) < 4.78 is 21.5. The van der Waals surface area contributed by atoms with Crippen LogP contribution in [0.25, 0.3) is 0 Å². The molecule has 0 heterocycles. The molecule has 5 nitrogen and oxygen atoms in total. The van der Waals surface area contributed by atoms with Crippen molar-refractivity contribution in [1.82, 2.24) is 0 Å². The maximum Gasteiger partial charge on any atom is 0.194 e. The molecule has 2 rings (SSSR count). The summed E-state index contributed by atoms with van der Waals surface area (Å²) in [7, 11) is 6.14. The highest BCUT2D eigenvalue weighted by Crippen LogP contribution is 2.39. The zero-order chi connectivity index (χ0) is 17.0. The van der Waals surface area contributed by atoms with Crippen molar-refractivity contribution in [2.24, 2.45) is 0 Å². The van der Waals surface area contributed by atoms with Gasteiger partial charge in [0.05, 0.1) is 32.9 Å². The number of carbonyl (C=O) groups is 1. The lowest BCUT2D eigenvalue weighted by Crippen LogP contribution is -2.05. The summed E-state index contributed by atoms with van der Waals surface area (Å²) in [4.78, 5) is 12.8. The molecule has 0 aliphatic carbocycles. The lowest BCUT2D eigenvalue weighted by atomic mass is 10.0. The van der Waals surface area contributed by atoms with Gasteiger partial charge in [0.1, 0.15) is 0 Å². The molecule has 0 aliphatic rings. The van der Waals surface area contributed by atoms with Gasteiger partial charge in [-0.15, -0.1) is 0 Å². The Hall–Kier alpha value is -2.21. The molecule has 23 heavy (non-hydrogen) atoms. The molecule has 2 aromatic carbocycles. The molecule has 0 amide bonds. The van der Waals surface area contributed by atoms with Gasteiger partial charge in [-0.2, -0.15) is 0 Å². The number of ether oxygens (including phenoxy) is 4. The first-order valence-electron chi connectivity index (χ1n) is 6.74. The Morgan fingerprint density at radius 3 is 2.00 bits per heavy atom. The zero-order valence-electron chi connectivity index (χ0n) is 13.3. The van der Waals surface area contributed by atoms with Crippen LogP contribution in [0, 0.1) is 0 Å². The molecule has 0 spiro atoms. The largest absolute Gasteiger partial charge is 0.493 e. The average Bonchev–Trinajstić information content (AvgIpc) is 2.59. The molecule has 0 bridgehead atoms. The van der Waals surface area contributed by atoms with Crippen LogP contribution < -0.4 is 18.9 Å². The van der Waals surface area contributed by atoms with E-state index >= 15 is 0 Å². The summed E-state index contributed by atoms with van der Waals surface area (Å²) in [5.74, 6) is 1.91. The predicted molar refractivity (Wildman–Crippen MR) is 90.2 cm³/mol. The maximum atomic E-state index is 12.8. The molecule has 0 radical (unpaired) electrons. The fourth-order valence-corrected chi connectivity index (χ4v) is 2.87. The molecule has 0 unspecified atom stereocenters. The monoisotopic (exact) mass is 380 g/mol. The minimum atomic E-state index is -0.168. The SMILES string of the molecule is COc1ccc(C(=O)c2ccc(OC)c(OC)c2Br)cc1OC. The lowest BCUT2D eigenvalue weighted by Gasteiger charge is -2.13. The van der Waals surface area contributed by atoms with Crippen molar-refractivity contribution in [3.8, 4) is 23.0 Å². The van der Waals surface area contributed by atoms with E-state index in [1.165, 1.54) is 14.2 Å². The maximum absolute atomic E-state index is 12.8. The van der Waals surface area contributed by atoms with E-state index in [1.54, 1.807) is 44.6 Å². The Morgan fingerprint density at radius 2 is 1.43 bits per heavy atom. The van der Waals surface area contributed by atoms with Crippen LogP contribution in [0.3, 0.4) is 0 Å².